The van der Waals surface area contributed by atoms with Gasteiger partial charge in [0.15, 0.2) is 0 Å². The highest BCUT2D eigenvalue weighted by Gasteiger charge is 2.27. The van der Waals surface area contributed by atoms with Crippen LogP contribution in [0.4, 0.5) is 0 Å². The fraction of sp³-hybridized carbons (Fsp3) is 0.556. The molecule has 1 aliphatic rings. The molecular formula is C18H26N2O4. The molecule has 6 nitrogen and oxygen atoms in total. The van der Waals surface area contributed by atoms with Crippen molar-refractivity contribution in [3.8, 4) is 11.5 Å². The zero-order chi connectivity index (χ0) is 17.7. The second-order valence-corrected chi connectivity index (χ2v) is 6.12. The smallest absolute Gasteiger partial charge is 0.223 e. The third-order valence-corrected chi connectivity index (χ3v) is 4.57. The lowest BCUT2D eigenvalue weighted by atomic mass is 9.95. The van der Waals surface area contributed by atoms with Gasteiger partial charge in [0.05, 0.1) is 20.3 Å². The average Bonchev–Trinajstić information content (AvgIpc) is 2.60. The van der Waals surface area contributed by atoms with E-state index in [9.17, 15) is 9.59 Å². The van der Waals surface area contributed by atoms with Gasteiger partial charge in [0.25, 0.3) is 0 Å². The van der Waals surface area contributed by atoms with E-state index in [2.05, 4.69) is 5.32 Å². The van der Waals surface area contributed by atoms with Gasteiger partial charge in [-0.15, -0.1) is 0 Å². The van der Waals surface area contributed by atoms with Crippen molar-refractivity contribution in [2.24, 2.45) is 5.92 Å². The summed E-state index contributed by atoms with van der Waals surface area (Å²) in [7, 11) is 3.22. The topological polar surface area (TPSA) is 67.9 Å². The van der Waals surface area contributed by atoms with E-state index in [1.807, 2.05) is 25.1 Å². The molecule has 0 bridgehead atoms. The first-order chi connectivity index (χ1) is 11.5. The highest BCUT2D eigenvalue weighted by Crippen LogP contribution is 2.29. The molecule has 0 unspecified atom stereocenters. The fourth-order valence-electron chi connectivity index (χ4n) is 3.04. The first-order valence-corrected chi connectivity index (χ1v) is 8.24. The second-order valence-electron chi connectivity index (χ2n) is 6.12. The van der Waals surface area contributed by atoms with Gasteiger partial charge < -0.3 is 19.7 Å². The van der Waals surface area contributed by atoms with Gasteiger partial charge in [0.1, 0.15) is 11.5 Å². The number of ether oxygens (including phenoxy) is 2. The lowest BCUT2D eigenvalue weighted by Gasteiger charge is -2.31. The van der Waals surface area contributed by atoms with Crippen LogP contribution in [0.15, 0.2) is 18.2 Å². The van der Waals surface area contributed by atoms with Crippen molar-refractivity contribution in [1.29, 1.82) is 0 Å². The Morgan fingerprint density at radius 1 is 1.21 bits per heavy atom. The van der Waals surface area contributed by atoms with Gasteiger partial charge in [0, 0.05) is 31.5 Å². The molecule has 0 spiro atoms. The van der Waals surface area contributed by atoms with Crippen molar-refractivity contribution < 1.29 is 19.1 Å². The number of nitrogens with zero attached hydrogens (tertiary/aromatic N) is 1. The van der Waals surface area contributed by atoms with Crippen molar-refractivity contribution in [2.75, 3.05) is 27.3 Å². The molecule has 2 rings (SSSR count). The summed E-state index contributed by atoms with van der Waals surface area (Å²) >= 11 is 0. The van der Waals surface area contributed by atoms with Crippen molar-refractivity contribution in [1.82, 2.24) is 10.2 Å². The molecule has 1 aliphatic heterocycles. The molecule has 1 N–H and O–H groups in total. The molecule has 0 aliphatic carbocycles. The first kappa shape index (κ1) is 18.1. The molecule has 132 valence electrons. The molecule has 0 aromatic heterocycles. The van der Waals surface area contributed by atoms with Crippen LogP contribution in [-0.4, -0.2) is 44.0 Å². The number of hydrogen-bond acceptors (Lipinski definition) is 4. The number of carbonyl (C=O) groups is 2. The molecule has 0 radical (unpaired) electrons. The van der Waals surface area contributed by atoms with Crippen LogP contribution in [0.1, 0.15) is 38.3 Å². The number of methoxy groups -OCH3 is 2. The van der Waals surface area contributed by atoms with E-state index in [0.717, 1.165) is 17.1 Å². The molecular weight excluding hydrogens is 308 g/mol. The Kier molecular flexibility index (Phi) is 6.06. The van der Waals surface area contributed by atoms with Crippen LogP contribution >= 0.6 is 0 Å². The Balaban J connectivity index is 2.00. The monoisotopic (exact) mass is 334 g/mol. The predicted octanol–water partition coefficient (Wildman–Crippen LogP) is 2.14. The minimum Gasteiger partial charge on any atom is -0.497 e. The van der Waals surface area contributed by atoms with E-state index >= 15 is 0 Å². The van der Waals surface area contributed by atoms with Gasteiger partial charge in [-0.05, 0) is 38.0 Å². The van der Waals surface area contributed by atoms with Gasteiger partial charge in [-0.1, -0.05) is 0 Å². The highest BCUT2D eigenvalue weighted by molar-refractivity contribution is 5.80. The summed E-state index contributed by atoms with van der Waals surface area (Å²) in [6.07, 6.45) is 1.40. The zero-order valence-electron chi connectivity index (χ0n) is 14.8. The third-order valence-electron chi connectivity index (χ3n) is 4.57. The summed E-state index contributed by atoms with van der Waals surface area (Å²) in [5.74, 6) is 1.48. The summed E-state index contributed by atoms with van der Waals surface area (Å²) in [4.78, 5) is 25.7. The molecule has 0 saturated carbocycles. The standard InChI is InChI=1S/C18H26N2O4/c1-12(16-11-15(23-3)5-6-17(16)24-4)19-18(22)14-7-9-20(10-8-14)13(2)21/h5-6,11-12,14H,7-10H2,1-4H3,(H,19,22)/t12-/m0/s1. The molecule has 1 aromatic carbocycles. The van der Waals surface area contributed by atoms with E-state index in [4.69, 9.17) is 9.47 Å². The summed E-state index contributed by atoms with van der Waals surface area (Å²) in [6.45, 7) is 4.78. The van der Waals surface area contributed by atoms with Crippen molar-refractivity contribution in [2.45, 2.75) is 32.7 Å². The third kappa shape index (κ3) is 4.19. The number of nitrogens with one attached hydrogen (secondary N) is 1. The van der Waals surface area contributed by atoms with Crippen molar-refractivity contribution >= 4 is 11.8 Å². The van der Waals surface area contributed by atoms with Crippen molar-refractivity contribution in [3.05, 3.63) is 23.8 Å². The Morgan fingerprint density at radius 2 is 1.88 bits per heavy atom. The summed E-state index contributed by atoms with van der Waals surface area (Å²) in [5, 5.41) is 3.06. The van der Waals surface area contributed by atoms with Gasteiger partial charge in [0.2, 0.25) is 11.8 Å². The number of piperidine rings is 1. The fourth-order valence-corrected chi connectivity index (χ4v) is 3.04. The summed E-state index contributed by atoms with van der Waals surface area (Å²) in [6, 6.07) is 5.35. The van der Waals surface area contributed by atoms with Crippen LogP contribution in [0.2, 0.25) is 0 Å². The largest absolute Gasteiger partial charge is 0.497 e. The van der Waals surface area contributed by atoms with Crippen LogP contribution in [0.3, 0.4) is 0 Å². The van der Waals surface area contributed by atoms with Crippen LogP contribution in [0.25, 0.3) is 0 Å². The van der Waals surface area contributed by atoms with E-state index in [-0.39, 0.29) is 23.8 Å². The molecule has 1 aromatic rings. The molecule has 24 heavy (non-hydrogen) atoms. The normalized spacial score (nSPS) is 16.4. The minimum atomic E-state index is -0.187. The zero-order valence-corrected chi connectivity index (χ0v) is 14.8. The van der Waals surface area contributed by atoms with E-state index < -0.39 is 0 Å². The average molecular weight is 334 g/mol. The highest BCUT2D eigenvalue weighted by atomic mass is 16.5. The Morgan fingerprint density at radius 3 is 2.42 bits per heavy atom. The first-order valence-electron chi connectivity index (χ1n) is 8.24. The predicted molar refractivity (Wildman–Crippen MR) is 91.1 cm³/mol. The lowest BCUT2D eigenvalue weighted by molar-refractivity contribution is -0.134. The summed E-state index contributed by atoms with van der Waals surface area (Å²) in [5.41, 5.74) is 0.881. The van der Waals surface area contributed by atoms with E-state index in [1.54, 1.807) is 26.0 Å². The van der Waals surface area contributed by atoms with Crippen LogP contribution in [0, 0.1) is 5.92 Å². The van der Waals surface area contributed by atoms with Crippen LogP contribution in [0.5, 0.6) is 11.5 Å². The Bertz CT molecular complexity index is 595. The number of rotatable bonds is 5. The summed E-state index contributed by atoms with van der Waals surface area (Å²) < 4.78 is 10.6. The van der Waals surface area contributed by atoms with Crippen LogP contribution < -0.4 is 14.8 Å². The van der Waals surface area contributed by atoms with Gasteiger partial charge >= 0.3 is 0 Å². The molecule has 6 heteroatoms. The lowest BCUT2D eigenvalue weighted by Crippen LogP contribution is -2.42. The van der Waals surface area contributed by atoms with Gasteiger partial charge in [-0.2, -0.15) is 0 Å². The number of carbonyl (C=O) groups excluding carboxylic acids is 2. The number of amides is 2. The molecule has 1 fully saturated rings. The van der Waals surface area contributed by atoms with E-state index in [0.29, 0.717) is 25.9 Å². The Labute approximate surface area is 143 Å². The quantitative estimate of drug-likeness (QED) is 0.896. The molecule has 1 atom stereocenters. The van der Waals surface area contributed by atoms with Gasteiger partial charge in [-0.25, -0.2) is 0 Å². The SMILES string of the molecule is COc1ccc(OC)c([C@H](C)NC(=O)C2CCN(C(C)=O)CC2)c1. The maximum Gasteiger partial charge on any atom is 0.223 e. The molecule has 2 amide bonds. The van der Waals surface area contributed by atoms with Crippen LogP contribution in [-0.2, 0) is 9.59 Å². The molecule has 1 heterocycles. The van der Waals surface area contributed by atoms with Crippen molar-refractivity contribution in [3.63, 3.8) is 0 Å². The Hall–Kier alpha value is -2.24. The van der Waals surface area contributed by atoms with E-state index in [1.165, 1.54) is 0 Å². The molecule has 1 saturated heterocycles. The number of hydrogen-bond donors (Lipinski definition) is 1. The number of benzene rings is 1. The minimum absolute atomic E-state index is 0.0237. The maximum atomic E-state index is 12.5. The second kappa shape index (κ2) is 8.04. The maximum absolute atomic E-state index is 12.5. The van der Waals surface area contributed by atoms with Gasteiger partial charge in [-0.3, -0.25) is 9.59 Å². The number of likely N-dealkylation sites (tertiary alicyclic amines) is 1.